The zero-order valence-electron chi connectivity index (χ0n) is 15.5. The fraction of sp³-hybridized carbons (Fsp3) is 0.435. The van der Waals surface area contributed by atoms with Gasteiger partial charge in [-0.1, -0.05) is 36.4 Å². The van der Waals surface area contributed by atoms with E-state index in [2.05, 4.69) is 0 Å². The van der Waals surface area contributed by atoms with Gasteiger partial charge in [-0.15, -0.1) is 0 Å². The molecule has 0 radical (unpaired) electrons. The van der Waals surface area contributed by atoms with Gasteiger partial charge in [0.2, 0.25) is 0 Å². The molecule has 3 nitrogen and oxygen atoms in total. The number of carbonyl (C=O) groups is 1. The van der Waals surface area contributed by atoms with Gasteiger partial charge in [0, 0.05) is 11.1 Å². The van der Waals surface area contributed by atoms with Crippen molar-refractivity contribution in [2.24, 2.45) is 23.7 Å². The van der Waals surface area contributed by atoms with Crippen molar-refractivity contribution in [1.82, 2.24) is 0 Å². The van der Waals surface area contributed by atoms with Crippen LogP contribution in [0.1, 0.15) is 49.0 Å². The minimum absolute atomic E-state index is 0.0313. The van der Waals surface area contributed by atoms with E-state index in [0.717, 1.165) is 25.7 Å². The van der Waals surface area contributed by atoms with Gasteiger partial charge in [-0.2, -0.15) is 0 Å². The molecule has 5 heteroatoms. The fourth-order valence-corrected chi connectivity index (χ4v) is 4.24. The van der Waals surface area contributed by atoms with Crippen LogP contribution in [0.3, 0.4) is 0 Å². The summed E-state index contributed by atoms with van der Waals surface area (Å²) in [6, 6.07) is 11.8. The summed E-state index contributed by atoms with van der Waals surface area (Å²) >= 11 is 0. The highest BCUT2D eigenvalue weighted by atomic mass is 19.1. The van der Waals surface area contributed by atoms with Crippen molar-refractivity contribution in [2.75, 3.05) is 0 Å². The van der Waals surface area contributed by atoms with Gasteiger partial charge in [-0.3, -0.25) is 4.79 Å². The summed E-state index contributed by atoms with van der Waals surface area (Å²) in [6.45, 7) is 0. The maximum absolute atomic E-state index is 14.2. The predicted molar refractivity (Wildman–Crippen MR) is 100 cm³/mol. The first-order valence-corrected chi connectivity index (χ1v) is 9.87. The second-order valence-electron chi connectivity index (χ2n) is 8.06. The Bertz CT molecular complexity index is 791. The van der Waals surface area contributed by atoms with Crippen LogP contribution in [0.25, 0.3) is 0 Å². The fourth-order valence-electron chi connectivity index (χ4n) is 4.24. The molecule has 2 aliphatic rings. The van der Waals surface area contributed by atoms with E-state index in [4.69, 9.17) is 0 Å². The van der Waals surface area contributed by atoms with Gasteiger partial charge in [0.1, 0.15) is 17.4 Å². The highest BCUT2D eigenvalue weighted by molar-refractivity contribution is 5.86. The zero-order valence-corrected chi connectivity index (χ0v) is 15.5. The van der Waals surface area contributed by atoms with E-state index in [1.807, 2.05) is 0 Å². The Balaban J connectivity index is 1.65. The average molecular weight is 386 g/mol. The summed E-state index contributed by atoms with van der Waals surface area (Å²) in [4.78, 5) is 13.5. The molecule has 4 rings (SSSR count). The SMILES string of the molecule is O=C(C(C1CC1)C(O)c1ccccc1F)C(C1CC1)C(O)c1ccccc1F. The number of aliphatic hydroxyl groups excluding tert-OH is 2. The van der Waals surface area contributed by atoms with E-state index in [9.17, 15) is 23.8 Å². The first-order chi connectivity index (χ1) is 13.5. The number of aliphatic hydroxyl groups is 2. The Morgan fingerprint density at radius 2 is 1.11 bits per heavy atom. The van der Waals surface area contributed by atoms with E-state index in [0.29, 0.717) is 0 Å². The van der Waals surface area contributed by atoms with Crippen molar-refractivity contribution in [3.63, 3.8) is 0 Å². The Kier molecular flexibility index (Phi) is 5.30. The van der Waals surface area contributed by atoms with Crippen molar-refractivity contribution >= 4 is 5.78 Å². The lowest BCUT2D eigenvalue weighted by Crippen LogP contribution is -2.35. The van der Waals surface area contributed by atoms with Crippen LogP contribution in [0, 0.1) is 35.3 Å². The van der Waals surface area contributed by atoms with Crippen molar-refractivity contribution in [3.8, 4) is 0 Å². The second-order valence-corrected chi connectivity index (χ2v) is 8.06. The molecule has 2 aliphatic carbocycles. The molecule has 0 spiro atoms. The Hall–Kier alpha value is -2.11. The van der Waals surface area contributed by atoms with E-state index in [1.54, 1.807) is 12.1 Å². The lowest BCUT2D eigenvalue weighted by Gasteiger charge is -2.29. The van der Waals surface area contributed by atoms with Crippen LogP contribution in [0.15, 0.2) is 48.5 Å². The molecule has 0 heterocycles. The van der Waals surface area contributed by atoms with Gasteiger partial charge in [0.25, 0.3) is 0 Å². The van der Waals surface area contributed by atoms with Gasteiger partial charge in [-0.05, 0) is 49.7 Å². The minimum atomic E-state index is -1.27. The lowest BCUT2D eigenvalue weighted by atomic mass is 9.77. The highest BCUT2D eigenvalue weighted by Crippen LogP contribution is 2.51. The molecule has 0 saturated heterocycles. The minimum Gasteiger partial charge on any atom is -0.388 e. The molecule has 2 aromatic rings. The summed E-state index contributed by atoms with van der Waals surface area (Å²) in [6.07, 6.45) is 0.611. The second kappa shape index (κ2) is 7.72. The normalized spacial score (nSPS) is 21.0. The van der Waals surface area contributed by atoms with Crippen molar-refractivity contribution in [2.45, 2.75) is 37.9 Å². The van der Waals surface area contributed by atoms with Crippen LogP contribution in [0.4, 0.5) is 8.78 Å². The summed E-state index contributed by atoms with van der Waals surface area (Å²) in [5.41, 5.74) is 0.199. The molecule has 0 bridgehead atoms. The zero-order chi connectivity index (χ0) is 19.8. The summed E-state index contributed by atoms with van der Waals surface area (Å²) in [5.74, 6) is -3.02. The van der Waals surface area contributed by atoms with Crippen molar-refractivity contribution in [1.29, 1.82) is 0 Å². The number of carbonyl (C=O) groups excluding carboxylic acids is 1. The first-order valence-electron chi connectivity index (χ1n) is 9.87. The van der Waals surface area contributed by atoms with Gasteiger partial charge in [0.15, 0.2) is 0 Å². The van der Waals surface area contributed by atoms with Crippen molar-refractivity contribution in [3.05, 3.63) is 71.3 Å². The number of ketones is 1. The van der Waals surface area contributed by atoms with Crippen LogP contribution in [-0.2, 0) is 4.79 Å². The smallest absolute Gasteiger partial charge is 0.145 e. The molecule has 0 aliphatic heterocycles. The maximum atomic E-state index is 14.2. The summed E-state index contributed by atoms with van der Waals surface area (Å²) < 4.78 is 28.5. The summed E-state index contributed by atoms with van der Waals surface area (Å²) in [7, 11) is 0. The highest BCUT2D eigenvalue weighted by Gasteiger charge is 2.50. The molecule has 28 heavy (non-hydrogen) atoms. The monoisotopic (exact) mass is 386 g/mol. The summed E-state index contributed by atoms with van der Waals surface area (Å²) in [5, 5.41) is 21.8. The quantitative estimate of drug-likeness (QED) is 0.709. The maximum Gasteiger partial charge on any atom is 0.145 e. The molecule has 0 amide bonds. The molecular formula is C23H24F2O3. The van der Waals surface area contributed by atoms with Crippen LogP contribution in [0.5, 0.6) is 0 Å². The number of rotatable bonds is 8. The molecule has 4 unspecified atom stereocenters. The molecule has 2 aromatic carbocycles. The van der Waals surface area contributed by atoms with E-state index < -0.39 is 35.7 Å². The average Bonchev–Trinajstić information content (AvgIpc) is 3.57. The van der Waals surface area contributed by atoms with Crippen molar-refractivity contribution < 1.29 is 23.8 Å². The Morgan fingerprint density at radius 3 is 1.43 bits per heavy atom. The third-order valence-electron chi connectivity index (χ3n) is 6.04. The van der Waals surface area contributed by atoms with Gasteiger partial charge in [0.05, 0.1) is 24.0 Å². The molecule has 0 aromatic heterocycles. The Morgan fingerprint density at radius 1 is 0.750 bits per heavy atom. The number of hydrogen-bond acceptors (Lipinski definition) is 3. The number of benzene rings is 2. The predicted octanol–water partition coefficient (Wildman–Crippen LogP) is 4.35. The third kappa shape index (κ3) is 3.74. The number of halogens is 2. The van der Waals surface area contributed by atoms with E-state index in [-0.39, 0.29) is 28.7 Å². The molecule has 2 saturated carbocycles. The Labute approximate surface area is 163 Å². The van der Waals surface area contributed by atoms with Crippen LogP contribution < -0.4 is 0 Å². The van der Waals surface area contributed by atoms with Gasteiger partial charge >= 0.3 is 0 Å². The van der Waals surface area contributed by atoms with E-state index in [1.165, 1.54) is 36.4 Å². The number of Topliss-reactive ketones (excluding diaryl/α,β-unsaturated/α-hetero) is 1. The number of hydrogen-bond donors (Lipinski definition) is 2. The largest absolute Gasteiger partial charge is 0.388 e. The molecular weight excluding hydrogens is 362 g/mol. The van der Waals surface area contributed by atoms with Crippen LogP contribution in [-0.4, -0.2) is 16.0 Å². The van der Waals surface area contributed by atoms with E-state index >= 15 is 0 Å². The van der Waals surface area contributed by atoms with Gasteiger partial charge < -0.3 is 10.2 Å². The molecule has 2 fully saturated rings. The molecule has 148 valence electrons. The molecule has 4 atom stereocenters. The topological polar surface area (TPSA) is 57.5 Å². The lowest BCUT2D eigenvalue weighted by molar-refractivity contribution is -0.136. The van der Waals surface area contributed by atoms with Crippen LogP contribution in [0.2, 0.25) is 0 Å². The van der Waals surface area contributed by atoms with Crippen LogP contribution >= 0.6 is 0 Å². The van der Waals surface area contributed by atoms with Gasteiger partial charge in [-0.25, -0.2) is 8.78 Å². The standard InChI is InChI=1S/C23H24F2O3/c24-17-7-3-1-5-15(17)21(26)19(13-9-10-13)23(28)20(14-11-12-14)22(27)16-6-2-4-8-18(16)25/h1-8,13-14,19-22,26-27H,9-12H2. The molecule has 2 N–H and O–H groups in total. The first kappa shape index (κ1) is 19.2. The third-order valence-corrected chi connectivity index (χ3v) is 6.04.